The third-order valence-corrected chi connectivity index (χ3v) is 4.44. The van der Waals surface area contributed by atoms with Crippen LogP contribution in [-0.4, -0.2) is 25.7 Å². The number of halogens is 1. The Morgan fingerprint density at radius 1 is 1.18 bits per heavy atom. The topological polar surface area (TPSA) is 85.8 Å². The van der Waals surface area contributed by atoms with E-state index in [-0.39, 0.29) is 11.9 Å². The molecular weight excluding hydrogens is 378 g/mol. The van der Waals surface area contributed by atoms with Gasteiger partial charge in [0.2, 0.25) is 0 Å². The van der Waals surface area contributed by atoms with E-state index in [1.165, 1.54) is 12.5 Å². The summed E-state index contributed by atoms with van der Waals surface area (Å²) in [6, 6.07) is 12.7. The zero-order valence-electron chi connectivity index (χ0n) is 15.2. The monoisotopic (exact) mass is 393 g/mol. The maximum atomic E-state index is 12.4. The number of carbonyl (C=O) groups is 1. The lowest BCUT2D eigenvalue weighted by molar-refractivity contribution is 0.102. The van der Waals surface area contributed by atoms with Crippen LogP contribution in [0, 0.1) is 13.8 Å². The fraction of sp³-hybridized carbons (Fsp3) is 0.100. The van der Waals surface area contributed by atoms with Gasteiger partial charge in [-0.15, -0.1) is 0 Å². The largest absolute Gasteiger partial charge is 0.431 e. The molecule has 0 aliphatic heterocycles. The summed E-state index contributed by atoms with van der Waals surface area (Å²) in [7, 11) is 0. The van der Waals surface area contributed by atoms with Crippen LogP contribution in [0.25, 0.3) is 17.1 Å². The van der Waals surface area contributed by atoms with Crippen molar-refractivity contribution in [3.63, 3.8) is 0 Å². The number of hydrogen-bond acceptors (Lipinski definition) is 5. The van der Waals surface area contributed by atoms with E-state index in [0.29, 0.717) is 22.1 Å². The fourth-order valence-corrected chi connectivity index (χ4v) is 3.03. The van der Waals surface area contributed by atoms with Crippen LogP contribution in [0.5, 0.6) is 0 Å². The number of oxazole rings is 1. The quantitative estimate of drug-likeness (QED) is 0.553. The summed E-state index contributed by atoms with van der Waals surface area (Å²) in [5, 5.41) is 7.55. The molecule has 7 nitrogen and oxygen atoms in total. The second-order valence-electron chi connectivity index (χ2n) is 6.22. The summed E-state index contributed by atoms with van der Waals surface area (Å²) in [6.45, 7) is 3.86. The predicted molar refractivity (Wildman–Crippen MR) is 106 cm³/mol. The number of aromatic nitrogens is 4. The highest BCUT2D eigenvalue weighted by Gasteiger charge is 2.14. The number of pyridine rings is 1. The molecule has 0 aliphatic carbocycles. The average molecular weight is 394 g/mol. The molecule has 8 heteroatoms. The van der Waals surface area contributed by atoms with Crippen LogP contribution in [0.3, 0.4) is 0 Å². The number of aryl methyl sites for hydroxylation is 2. The summed E-state index contributed by atoms with van der Waals surface area (Å²) in [4.78, 5) is 21.0. The van der Waals surface area contributed by atoms with Gasteiger partial charge in [0.1, 0.15) is 12.0 Å². The molecule has 4 rings (SSSR count). The molecule has 0 radical (unpaired) electrons. The van der Waals surface area contributed by atoms with E-state index in [2.05, 4.69) is 20.4 Å². The Morgan fingerprint density at radius 3 is 2.68 bits per heavy atom. The normalized spacial score (nSPS) is 10.8. The number of amides is 1. The van der Waals surface area contributed by atoms with Crippen molar-refractivity contribution in [1.82, 2.24) is 19.7 Å². The van der Waals surface area contributed by atoms with Crippen molar-refractivity contribution >= 4 is 23.5 Å². The first-order chi connectivity index (χ1) is 13.5. The zero-order chi connectivity index (χ0) is 19.7. The Hall–Kier alpha value is -3.45. The molecule has 4 aromatic rings. The summed E-state index contributed by atoms with van der Waals surface area (Å²) in [5.74, 6) is 0.263. The molecule has 0 fully saturated rings. The Bertz CT molecular complexity index is 1150. The lowest BCUT2D eigenvalue weighted by Gasteiger charge is -2.05. The van der Waals surface area contributed by atoms with Crippen molar-refractivity contribution in [1.29, 1.82) is 0 Å². The van der Waals surface area contributed by atoms with Gasteiger partial charge in [-0.2, -0.15) is 10.1 Å². The van der Waals surface area contributed by atoms with Gasteiger partial charge in [-0.3, -0.25) is 10.1 Å². The minimum absolute atomic E-state index is 0.0857. The van der Waals surface area contributed by atoms with Crippen LogP contribution in [0.15, 0.2) is 59.3 Å². The maximum Gasteiger partial charge on any atom is 0.302 e. The first-order valence-corrected chi connectivity index (χ1v) is 8.90. The lowest BCUT2D eigenvalue weighted by Crippen LogP contribution is -2.13. The van der Waals surface area contributed by atoms with Gasteiger partial charge in [-0.05, 0) is 38.1 Å². The van der Waals surface area contributed by atoms with E-state index in [1.54, 1.807) is 22.9 Å². The lowest BCUT2D eigenvalue weighted by atomic mass is 10.2. The van der Waals surface area contributed by atoms with E-state index in [4.69, 9.17) is 16.0 Å². The van der Waals surface area contributed by atoms with E-state index in [0.717, 1.165) is 17.0 Å². The van der Waals surface area contributed by atoms with Crippen molar-refractivity contribution in [2.45, 2.75) is 13.8 Å². The maximum absolute atomic E-state index is 12.4. The van der Waals surface area contributed by atoms with E-state index >= 15 is 0 Å². The average Bonchev–Trinajstić information content (AvgIpc) is 3.28. The smallest absolute Gasteiger partial charge is 0.302 e. The highest BCUT2D eigenvalue weighted by atomic mass is 35.5. The molecule has 0 unspecified atom stereocenters. The van der Waals surface area contributed by atoms with Crippen molar-refractivity contribution in [2.75, 3.05) is 5.32 Å². The summed E-state index contributed by atoms with van der Waals surface area (Å²) in [5.41, 5.74) is 3.51. The molecule has 0 spiro atoms. The molecule has 28 heavy (non-hydrogen) atoms. The van der Waals surface area contributed by atoms with E-state index < -0.39 is 0 Å². The van der Waals surface area contributed by atoms with Crippen LogP contribution in [0.1, 0.15) is 21.7 Å². The third kappa shape index (κ3) is 3.52. The van der Waals surface area contributed by atoms with Crippen molar-refractivity contribution < 1.29 is 9.21 Å². The van der Waals surface area contributed by atoms with Gasteiger partial charge in [0, 0.05) is 17.5 Å². The summed E-state index contributed by atoms with van der Waals surface area (Å²) in [6.07, 6.45) is 2.93. The Morgan fingerprint density at radius 2 is 2.00 bits per heavy atom. The second-order valence-corrected chi connectivity index (χ2v) is 6.62. The Balaban J connectivity index is 1.50. The van der Waals surface area contributed by atoms with Crippen LogP contribution < -0.4 is 5.32 Å². The molecule has 0 saturated heterocycles. The van der Waals surface area contributed by atoms with Gasteiger partial charge in [0.25, 0.3) is 5.91 Å². The molecule has 140 valence electrons. The first kappa shape index (κ1) is 17.9. The number of carbonyl (C=O) groups excluding carboxylic acids is 1. The Kier molecular flexibility index (Phi) is 4.67. The first-order valence-electron chi connectivity index (χ1n) is 8.53. The summed E-state index contributed by atoms with van der Waals surface area (Å²) >= 11 is 6.16. The number of hydrogen-bond donors (Lipinski definition) is 1. The van der Waals surface area contributed by atoms with Crippen molar-refractivity contribution in [3.8, 4) is 17.1 Å². The number of rotatable bonds is 4. The van der Waals surface area contributed by atoms with E-state index in [9.17, 15) is 4.79 Å². The number of benzene rings is 1. The molecular formula is C20H16ClN5O2. The number of anilines is 1. The van der Waals surface area contributed by atoms with Gasteiger partial charge in [-0.25, -0.2) is 9.67 Å². The van der Waals surface area contributed by atoms with Crippen LogP contribution in [0.4, 0.5) is 6.01 Å². The highest BCUT2D eigenvalue weighted by molar-refractivity contribution is 6.33. The molecule has 1 amide bonds. The molecule has 3 aromatic heterocycles. The minimum Gasteiger partial charge on any atom is -0.431 e. The minimum atomic E-state index is -0.375. The molecule has 0 atom stereocenters. The van der Waals surface area contributed by atoms with Crippen molar-refractivity contribution in [2.24, 2.45) is 0 Å². The van der Waals surface area contributed by atoms with Gasteiger partial charge in [0.05, 0.1) is 16.3 Å². The van der Waals surface area contributed by atoms with Gasteiger partial charge >= 0.3 is 6.01 Å². The summed E-state index contributed by atoms with van der Waals surface area (Å²) < 4.78 is 7.06. The standard InChI is InChI=1S/C20H16ClN5O2/c1-12-9-13(2)26(25-12)18-8-7-14(10-22-18)19(27)24-20-23-17(11-28-20)15-5-3-4-6-16(15)21/h3-11H,1-2H3,(H,23,24,27). The third-order valence-electron chi connectivity index (χ3n) is 4.11. The molecule has 1 N–H and O–H groups in total. The second kappa shape index (κ2) is 7.28. The van der Waals surface area contributed by atoms with Gasteiger partial charge in [0.15, 0.2) is 5.82 Å². The zero-order valence-corrected chi connectivity index (χ0v) is 15.9. The SMILES string of the molecule is Cc1cc(C)n(-c2ccc(C(=O)Nc3nc(-c4ccccc4Cl)co3)cn2)n1. The number of nitrogens with zero attached hydrogens (tertiary/aromatic N) is 4. The van der Waals surface area contributed by atoms with Crippen LogP contribution in [0.2, 0.25) is 5.02 Å². The number of nitrogens with one attached hydrogen (secondary N) is 1. The Labute approximate surface area is 166 Å². The van der Waals surface area contributed by atoms with E-state index in [1.807, 2.05) is 38.1 Å². The fourth-order valence-electron chi connectivity index (χ4n) is 2.80. The van der Waals surface area contributed by atoms with Gasteiger partial charge < -0.3 is 4.42 Å². The van der Waals surface area contributed by atoms with Crippen LogP contribution in [-0.2, 0) is 0 Å². The van der Waals surface area contributed by atoms with Gasteiger partial charge in [-0.1, -0.05) is 29.8 Å². The predicted octanol–water partition coefficient (Wildman–Crippen LogP) is 4.44. The molecule has 1 aromatic carbocycles. The molecule has 0 saturated carbocycles. The molecule has 3 heterocycles. The van der Waals surface area contributed by atoms with Crippen LogP contribution >= 0.6 is 11.6 Å². The molecule has 0 aliphatic rings. The highest BCUT2D eigenvalue weighted by Crippen LogP contribution is 2.27. The van der Waals surface area contributed by atoms with Crippen molar-refractivity contribution in [3.05, 3.63) is 76.9 Å². The molecule has 0 bridgehead atoms.